The van der Waals surface area contributed by atoms with Crippen LogP contribution in [0.5, 0.6) is 5.75 Å². The van der Waals surface area contributed by atoms with Gasteiger partial charge in [-0.25, -0.2) is 0 Å². The lowest BCUT2D eigenvalue weighted by molar-refractivity contribution is -0.0116. The fourth-order valence-corrected chi connectivity index (χ4v) is 2.61. The molecule has 3 nitrogen and oxygen atoms in total. The molecule has 0 bridgehead atoms. The summed E-state index contributed by atoms with van der Waals surface area (Å²) in [6.07, 6.45) is -0.711. The van der Waals surface area contributed by atoms with Gasteiger partial charge in [0.05, 0.1) is 6.04 Å². The minimum absolute atomic E-state index is 0.443. The molecule has 0 spiro atoms. The maximum absolute atomic E-state index is 10.4. The van der Waals surface area contributed by atoms with Gasteiger partial charge in [0.15, 0.2) is 0 Å². The number of nitrogens with two attached hydrogens (primary N) is 1. The first-order valence-corrected chi connectivity index (χ1v) is 6.81. The van der Waals surface area contributed by atoms with Gasteiger partial charge in [-0.3, -0.25) is 0 Å². The Bertz CT molecular complexity index is 622. The van der Waals surface area contributed by atoms with Crippen LogP contribution >= 0.6 is 0 Å². The number of aliphatic hydroxyl groups excluding tert-OH is 1. The molecule has 0 fully saturated rings. The molecular weight excluding hydrogens is 250 g/mol. The number of hydrogen-bond donors (Lipinski definition) is 2. The quantitative estimate of drug-likeness (QED) is 0.837. The predicted octanol–water partition coefficient (Wildman–Crippen LogP) is 2.89. The number of ether oxygens (including phenoxy) is 1. The molecule has 0 amide bonds. The summed E-state index contributed by atoms with van der Waals surface area (Å²) in [6, 6.07) is 15.5. The van der Waals surface area contributed by atoms with Gasteiger partial charge in [-0.2, -0.15) is 0 Å². The maximum atomic E-state index is 10.4. The normalized spacial score (nSPS) is 23.8. The summed E-state index contributed by atoms with van der Waals surface area (Å²) >= 11 is 0. The van der Waals surface area contributed by atoms with Crippen LogP contribution in [0.3, 0.4) is 0 Å². The second kappa shape index (κ2) is 4.62. The van der Waals surface area contributed by atoms with E-state index in [1.807, 2.05) is 62.4 Å². The summed E-state index contributed by atoms with van der Waals surface area (Å²) < 4.78 is 5.91. The summed E-state index contributed by atoms with van der Waals surface area (Å²) in [4.78, 5) is 0. The van der Waals surface area contributed by atoms with Gasteiger partial charge < -0.3 is 15.6 Å². The lowest BCUT2D eigenvalue weighted by Gasteiger charge is -2.41. The van der Waals surface area contributed by atoms with Crippen LogP contribution < -0.4 is 10.5 Å². The second-order valence-electron chi connectivity index (χ2n) is 5.79. The SMILES string of the molecule is CC1(C)Oc2ccc(-c3ccccc3)cc2C(O)C1N. The van der Waals surface area contributed by atoms with Gasteiger partial charge in [0.1, 0.15) is 17.5 Å². The Morgan fingerprint density at radius 2 is 1.75 bits per heavy atom. The molecule has 3 N–H and O–H groups in total. The highest BCUT2D eigenvalue weighted by molar-refractivity contribution is 5.66. The summed E-state index contributed by atoms with van der Waals surface area (Å²) in [5, 5.41) is 10.4. The van der Waals surface area contributed by atoms with Crippen molar-refractivity contribution in [3.05, 3.63) is 54.1 Å². The van der Waals surface area contributed by atoms with Crippen LogP contribution in [0.25, 0.3) is 11.1 Å². The van der Waals surface area contributed by atoms with Gasteiger partial charge in [0.25, 0.3) is 0 Å². The second-order valence-corrected chi connectivity index (χ2v) is 5.79. The highest BCUT2D eigenvalue weighted by Crippen LogP contribution is 2.40. The summed E-state index contributed by atoms with van der Waals surface area (Å²) in [7, 11) is 0. The van der Waals surface area contributed by atoms with Crippen molar-refractivity contribution in [1.29, 1.82) is 0 Å². The molecule has 2 aromatic rings. The van der Waals surface area contributed by atoms with Crippen molar-refractivity contribution in [3.63, 3.8) is 0 Å². The summed E-state index contributed by atoms with van der Waals surface area (Å²) in [5.41, 5.74) is 8.44. The summed E-state index contributed by atoms with van der Waals surface area (Å²) in [5.74, 6) is 0.712. The van der Waals surface area contributed by atoms with E-state index >= 15 is 0 Å². The van der Waals surface area contributed by atoms with Crippen molar-refractivity contribution in [3.8, 4) is 16.9 Å². The van der Waals surface area contributed by atoms with Gasteiger partial charge in [-0.05, 0) is 37.1 Å². The topological polar surface area (TPSA) is 55.5 Å². The minimum atomic E-state index is -0.711. The van der Waals surface area contributed by atoms with E-state index in [9.17, 15) is 5.11 Å². The Kier molecular flexibility index (Phi) is 3.04. The van der Waals surface area contributed by atoms with Crippen molar-refractivity contribution < 1.29 is 9.84 Å². The number of rotatable bonds is 1. The molecule has 1 heterocycles. The molecule has 0 saturated carbocycles. The van der Waals surface area contributed by atoms with Crippen LogP contribution in [-0.2, 0) is 0 Å². The molecule has 1 aliphatic heterocycles. The van der Waals surface area contributed by atoms with E-state index in [2.05, 4.69) is 0 Å². The molecule has 3 rings (SSSR count). The Morgan fingerprint density at radius 1 is 1.05 bits per heavy atom. The molecule has 0 saturated heterocycles. The monoisotopic (exact) mass is 269 g/mol. The number of hydrogen-bond acceptors (Lipinski definition) is 3. The van der Waals surface area contributed by atoms with Crippen LogP contribution in [0.2, 0.25) is 0 Å². The zero-order chi connectivity index (χ0) is 14.3. The molecule has 1 aliphatic rings. The van der Waals surface area contributed by atoms with E-state index in [0.717, 1.165) is 16.7 Å². The standard InChI is InChI=1S/C17H19NO2/c1-17(2)16(18)15(19)13-10-12(8-9-14(13)20-17)11-6-4-3-5-7-11/h3-10,15-16,19H,18H2,1-2H3. The number of fused-ring (bicyclic) bond motifs is 1. The summed E-state index contributed by atoms with van der Waals surface area (Å²) in [6.45, 7) is 3.80. The molecule has 0 aromatic heterocycles. The van der Waals surface area contributed by atoms with E-state index in [1.165, 1.54) is 0 Å². The Balaban J connectivity index is 2.06. The average Bonchev–Trinajstić information content (AvgIpc) is 2.45. The fourth-order valence-electron chi connectivity index (χ4n) is 2.61. The Labute approximate surface area is 119 Å². The molecule has 0 aliphatic carbocycles. The molecule has 2 atom stereocenters. The zero-order valence-corrected chi connectivity index (χ0v) is 11.7. The number of aliphatic hydroxyl groups is 1. The van der Waals surface area contributed by atoms with Crippen LogP contribution in [0, 0.1) is 0 Å². The Hall–Kier alpha value is -1.84. The van der Waals surface area contributed by atoms with Crippen molar-refractivity contribution in [2.24, 2.45) is 5.73 Å². The smallest absolute Gasteiger partial charge is 0.126 e. The molecule has 0 radical (unpaired) electrons. The van der Waals surface area contributed by atoms with Crippen molar-refractivity contribution in [2.75, 3.05) is 0 Å². The third-order valence-corrected chi connectivity index (χ3v) is 3.95. The van der Waals surface area contributed by atoms with Gasteiger partial charge in [-0.1, -0.05) is 36.4 Å². The first-order chi connectivity index (χ1) is 9.49. The van der Waals surface area contributed by atoms with Gasteiger partial charge in [0.2, 0.25) is 0 Å². The van der Waals surface area contributed by atoms with Crippen LogP contribution in [0.4, 0.5) is 0 Å². The third-order valence-electron chi connectivity index (χ3n) is 3.95. The van der Waals surface area contributed by atoms with Crippen LogP contribution in [0.1, 0.15) is 25.5 Å². The van der Waals surface area contributed by atoms with E-state index in [0.29, 0.717) is 5.75 Å². The van der Waals surface area contributed by atoms with Crippen molar-refractivity contribution in [2.45, 2.75) is 31.6 Å². The Morgan fingerprint density at radius 3 is 2.45 bits per heavy atom. The third kappa shape index (κ3) is 2.09. The van der Waals surface area contributed by atoms with Crippen LogP contribution in [-0.4, -0.2) is 16.7 Å². The average molecular weight is 269 g/mol. The largest absolute Gasteiger partial charge is 0.486 e. The lowest BCUT2D eigenvalue weighted by atomic mass is 9.86. The van der Waals surface area contributed by atoms with Gasteiger partial charge in [-0.15, -0.1) is 0 Å². The fraction of sp³-hybridized carbons (Fsp3) is 0.294. The predicted molar refractivity (Wildman–Crippen MR) is 79.5 cm³/mol. The van der Waals surface area contributed by atoms with E-state index in [4.69, 9.17) is 10.5 Å². The van der Waals surface area contributed by atoms with E-state index in [-0.39, 0.29) is 0 Å². The minimum Gasteiger partial charge on any atom is -0.486 e. The van der Waals surface area contributed by atoms with E-state index < -0.39 is 17.7 Å². The lowest BCUT2D eigenvalue weighted by Crippen LogP contribution is -2.53. The maximum Gasteiger partial charge on any atom is 0.126 e. The first-order valence-electron chi connectivity index (χ1n) is 6.81. The highest BCUT2D eigenvalue weighted by atomic mass is 16.5. The van der Waals surface area contributed by atoms with Crippen molar-refractivity contribution in [1.82, 2.24) is 0 Å². The molecular formula is C17H19NO2. The van der Waals surface area contributed by atoms with Crippen molar-refractivity contribution >= 4 is 0 Å². The van der Waals surface area contributed by atoms with Crippen LogP contribution in [0.15, 0.2) is 48.5 Å². The molecule has 20 heavy (non-hydrogen) atoms. The molecule has 2 unspecified atom stereocenters. The number of benzene rings is 2. The molecule has 3 heteroatoms. The van der Waals surface area contributed by atoms with Gasteiger partial charge >= 0.3 is 0 Å². The zero-order valence-electron chi connectivity index (χ0n) is 11.7. The van der Waals surface area contributed by atoms with Gasteiger partial charge in [0, 0.05) is 5.56 Å². The molecule has 2 aromatic carbocycles. The van der Waals surface area contributed by atoms with E-state index in [1.54, 1.807) is 0 Å². The highest BCUT2D eigenvalue weighted by Gasteiger charge is 2.40. The molecule has 104 valence electrons. The first kappa shape index (κ1) is 13.2.